The number of halogens is 1. The highest BCUT2D eigenvalue weighted by Gasteiger charge is 2.41. The van der Waals surface area contributed by atoms with Gasteiger partial charge in [-0.1, -0.05) is 22.9 Å². The van der Waals surface area contributed by atoms with E-state index in [9.17, 15) is 0 Å². The summed E-state index contributed by atoms with van der Waals surface area (Å²) in [7, 11) is 0. The van der Waals surface area contributed by atoms with Crippen molar-refractivity contribution >= 4 is 15.9 Å². The van der Waals surface area contributed by atoms with E-state index < -0.39 is 0 Å². The summed E-state index contributed by atoms with van der Waals surface area (Å²) in [6, 6.07) is 0. The minimum absolute atomic E-state index is 0.221. The first kappa shape index (κ1) is 14.4. The lowest BCUT2D eigenvalue weighted by Crippen LogP contribution is -2.51. The van der Waals surface area contributed by atoms with Crippen LogP contribution in [0.4, 0.5) is 0 Å². The van der Waals surface area contributed by atoms with Crippen molar-refractivity contribution in [3.63, 3.8) is 0 Å². The number of ether oxygens (including phenoxy) is 3. The normalized spacial score (nSPS) is 29.4. The Morgan fingerprint density at radius 2 is 1.94 bits per heavy atom. The fourth-order valence-corrected chi connectivity index (χ4v) is 2.50. The average Bonchev–Trinajstić information content (AvgIpc) is 2.22. The molecule has 3 nitrogen and oxygen atoms in total. The van der Waals surface area contributed by atoms with Gasteiger partial charge in [0.1, 0.15) is 0 Å². The van der Waals surface area contributed by atoms with Crippen molar-refractivity contribution in [2.45, 2.75) is 56.8 Å². The Balaban J connectivity index is 2.08. The van der Waals surface area contributed by atoms with Crippen molar-refractivity contribution in [1.29, 1.82) is 0 Å². The maximum Gasteiger partial charge on any atom is 0.0962 e. The highest BCUT2D eigenvalue weighted by molar-refractivity contribution is 9.09. The summed E-state index contributed by atoms with van der Waals surface area (Å²) >= 11 is 3.59. The summed E-state index contributed by atoms with van der Waals surface area (Å²) in [5, 5.41) is 0. The second kappa shape index (κ2) is 7.64. The first-order chi connectivity index (χ1) is 7.65. The molecule has 0 radical (unpaired) electrons. The predicted molar refractivity (Wildman–Crippen MR) is 68.2 cm³/mol. The number of hydrogen-bond donors (Lipinski definition) is 0. The molecule has 96 valence electrons. The Bertz CT molecular complexity index is 187. The largest absolute Gasteiger partial charge is 0.376 e. The predicted octanol–water partition coefficient (Wildman–Crippen LogP) is 2.76. The van der Waals surface area contributed by atoms with E-state index in [0.717, 1.165) is 19.4 Å². The van der Waals surface area contributed by atoms with E-state index in [2.05, 4.69) is 22.9 Å². The van der Waals surface area contributed by atoms with Gasteiger partial charge in [-0.25, -0.2) is 0 Å². The van der Waals surface area contributed by atoms with Crippen LogP contribution in [0.3, 0.4) is 0 Å². The number of hydrogen-bond acceptors (Lipinski definition) is 3. The van der Waals surface area contributed by atoms with Gasteiger partial charge < -0.3 is 14.2 Å². The molecule has 1 aliphatic carbocycles. The van der Waals surface area contributed by atoms with Crippen LogP contribution < -0.4 is 0 Å². The van der Waals surface area contributed by atoms with Gasteiger partial charge in [-0.3, -0.25) is 0 Å². The lowest BCUT2D eigenvalue weighted by atomic mass is 9.91. The molecule has 1 rings (SSSR count). The van der Waals surface area contributed by atoms with E-state index in [0.29, 0.717) is 18.0 Å². The molecule has 0 aromatic heterocycles. The molecular weight excluding hydrogens is 272 g/mol. The van der Waals surface area contributed by atoms with Crippen LogP contribution in [-0.4, -0.2) is 43.0 Å². The zero-order valence-corrected chi connectivity index (χ0v) is 12.0. The van der Waals surface area contributed by atoms with Crippen molar-refractivity contribution in [1.82, 2.24) is 0 Å². The fraction of sp³-hybridized carbons (Fsp3) is 1.00. The van der Waals surface area contributed by atoms with Gasteiger partial charge in [-0.15, -0.1) is 0 Å². The van der Waals surface area contributed by atoms with E-state index >= 15 is 0 Å². The maximum absolute atomic E-state index is 5.73. The second-order valence-electron chi connectivity index (χ2n) is 4.42. The number of alkyl halides is 1. The molecule has 3 unspecified atom stereocenters. The molecule has 0 aliphatic heterocycles. The van der Waals surface area contributed by atoms with Crippen LogP contribution in [-0.2, 0) is 14.2 Å². The zero-order chi connectivity index (χ0) is 12.0. The molecular formula is C12H23BrO3. The minimum Gasteiger partial charge on any atom is -0.376 e. The van der Waals surface area contributed by atoms with Gasteiger partial charge in [0.15, 0.2) is 0 Å². The third-order valence-corrected chi connectivity index (χ3v) is 3.46. The lowest BCUT2D eigenvalue weighted by Gasteiger charge is -2.40. The van der Waals surface area contributed by atoms with Crippen LogP contribution in [0.25, 0.3) is 0 Å². The van der Waals surface area contributed by atoms with Crippen molar-refractivity contribution in [2.75, 3.05) is 19.8 Å². The van der Waals surface area contributed by atoms with Crippen LogP contribution in [0, 0.1) is 0 Å². The van der Waals surface area contributed by atoms with Gasteiger partial charge in [-0.05, 0) is 26.7 Å². The molecule has 16 heavy (non-hydrogen) atoms. The Hall–Kier alpha value is 0.360. The topological polar surface area (TPSA) is 27.7 Å². The molecule has 0 amide bonds. The molecule has 4 heteroatoms. The van der Waals surface area contributed by atoms with Crippen LogP contribution in [0.1, 0.15) is 33.6 Å². The van der Waals surface area contributed by atoms with Crippen LogP contribution in [0.5, 0.6) is 0 Å². The summed E-state index contributed by atoms with van der Waals surface area (Å²) in [6.07, 6.45) is 2.84. The van der Waals surface area contributed by atoms with Crippen molar-refractivity contribution in [3.05, 3.63) is 0 Å². The first-order valence-corrected chi connectivity index (χ1v) is 7.05. The van der Waals surface area contributed by atoms with Crippen LogP contribution in [0.15, 0.2) is 0 Å². The van der Waals surface area contributed by atoms with Crippen LogP contribution >= 0.6 is 15.9 Å². The third kappa shape index (κ3) is 4.70. The van der Waals surface area contributed by atoms with Crippen LogP contribution in [0.2, 0.25) is 0 Å². The van der Waals surface area contributed by atoms with E-state index in [4.69, 9.17) is 14.2 Å². The van der Waals surface area contributed by atoms with Crippen molar-refractivity contribution in [2.24, 2.45) is 0 Å². The molecule has 0 saturated heterocycles. The SMILES string of the molecule is CCCOC1C(Br)CC1OCCOC(C)C. The Morgan fingerprint density at radius 3 is 2.50 bits per heavy atom. The van der Waals surface area contributed by atoms with Gasteiger partial charge in [-0.2, -0.15) is 0 Å². The van der Waals surface area contributed by atoms with Crippen molar-refractivity contribution < 1.29 is 14.2 Å². The molecule has 0 N–H and O–H groups in total. The Kier molecular flexibility index (Phi) is 6.89. The monoisotopic (exact) mass is 294 g/mol. The molecule has 0 aromatic carbocycles. The summed E-state index contributed by atoms with van der Waals surface area (Å²) in [6.45, 7) is 8.33. The third-order valence-electron chi connectivity index (χ3n) is 2.56. The van der Waals surface area contributed by atoms with Gasteiger partial charge in [0.2, 0.25) is 0 Å². The summed E-state index contributed by atoms with van der Waals surface area (Å²) in [5.41, 5.74) is 0. The first-order valence-electron chi connectivity index (χ1n) is 6.14. The van der Waals surface area contributed by atoms with E-state index in [1.54, 1.807) is 0 Å². The highest BCUT2D eigenvalue weighted by atomic mass is 79.9. The van der Waals surface area contributed by atoms with Gasteiger partial charge in [0, 0.05) is 11.4 Å². The Labute approximate surface area is 107 Å². The quantitative estimate of drug-likeness (QED) is 0.509. The summed E-state index contributed by atoms with van der Waals surface area (Å²) < 4.78 is 16.9. The molecule has 0 spiro atoms. The summed E-state index contributed by atoms with van der Waals surface area (Å²) in [5.74, 6) is 0. The minimum atomic E-state index is 0.221. The lowest BCUT2D eigenvalue weighted by molar-refractivity contribution is -0.130. The second-order valence-corrected chi connectivity index (χ2v) is 5.59. The van der Waals surface area contributed by atoms with Gasteiger partial charge in [0.05, 0.1) is 31.5 Å². The average molecular weight is 295 g/mol. The molecule has 3 atom stereocenters. The summed E-state index contributed by atoms with van der Waals surface area (Å²) in [4.78, 5) is 0.454. The molecule has 0 aromatic rings. The highest BCUT2D eigenvalue weighted by Crippen LogP contribution is 2.33. The molecule has 1 aliphatic rings. The molecule has 1 fully saturated rings. The molecule has 0 heterocycles. The van der Waals surface area contributed by atoms with Gasteiger partial charge in [0.25, 0.3) is 0 Å². The maximum atomic E-state index is 5.73. The molecule has 0 bridgehead atoms. The van der Waals surface area contributed by atoms with Gasteiger partial charge >= 0.3 is 0 Å². The zero-order valence-electron chi connectivity index (χ0n) is 10.4. The van der Waals surface area contributed by atoms with E-state index in [1.165, 1.54) is 0 Å². The van der Waals surface area contributed by atoms with E-state index in [1.807, 2.05) is 13.8 Å². The molecule has 1 saturated carbocycles. The smallest absolute Gasteiger partial charge is 0.0962 e. The fourth-order valence-electron chi connectivity index (χ4n) is 1.64. The number of rotatable bonds is 8. The van der Waals surface area contributed by atoms with E-state index in [-0.39, 0.29) is 18.3 Å². The Morgan fingerprint density at radius 1 is 1.19 bits per heavy atom. The van der Waals surface area contributed by atoms with Crippen molar-refractivity contribution in [3.8, 4) is 0 Å². The standard InChI is InChI=1S/C12H23BrO3/c1-4-5-16-12-10(13)8-11(12)15-7-6-14-9(2)3/h9-12H,4-8H2,1-3H3.